The van der Waals surface area contributed by atoms with E-state index in [2.05, 4.69) is 369 Å². The van der Waals surface area contributed by atoms with E-state index in [4.69, 9.17) is 14.2 Å². The molecule has 12 heteroatoms. The normalized spacial score (nSPS) is 14.6. The van der Waals surface area contributed by atoms with Crippen LogP contribution in [0.3, 0.4) is 0 Å². The van der Waals surface area contributed by atoms with E-state index in [-0.39, 0.29) is 24.3 Å². The van der Waals surface area contributed by atoms with Crippen molar-refractivity contribution in [1.29, 1.82) is 0 Å². The summed E-state index contributed by atoms with van der Waals surface area (Å²) in [7, 11) is 0. The third kappa shape index (κ3) is 13.9. The van der Waals surface area contributed by atoms with E-state index in [1.165, 1.54) is 81.9 Å². The first-order chi connectivity index (χ1) is 54.9. The molecule has 0 radical (unpaired) electrons. The van der Waals surface area contributed by atoms with Gasteiger partial charge < -0.3 is 14.2 Å². The van der Waals surface area contributed by atoms with Gasteiger partial charge in [0.15, 0.2) is 6.29 Å². The van der Waals surface area contributed by atoms with E-state index in [1.807, 2.05) is 24.3 Å². The average molecular weight is 1620 g/mol. The number of fused-ring (bicyclic) bond motifs is 1. The van der Waals surface area contributed by atoms with Crippen molar-refractivity contribution in [1.82, 2.24) is 9.55 Å². The molecule has 0 aliphatic carbocycles. The first-order valence-electron chi connectivity index (χ1n) is 37.9. The van der Waals surface area contributed by atoms with Crippen molar-refractivity contribution in [3.05, 3.63) is 464 Å². The standard InChI is InChI=1S/C27H25FN2O4.4C18H15P.Pd/c28-22-7-4-19(5-8-22)17-33-24-10-11-30(26(31)15-24)23-9-6-21-13-20(16-29-25(21)14-23)18-34-27-3-1-2-12-32-27;4*1-4-10-16(11-5-1)19(17-12-6-2-7-13-17)18-14-8-3-9-15-18;/h4-11,13-16,27H,1-3,12,17-18H2;4*1-15H;/q;;;;;-4/p+4. The van der Waals surface area contributed by atoms with E-state index in [9.17, 15) is 9.18 Å². The van der Waals surface area contributed by atoms with Gasteiger partial charge in [-0.1, -0.05) is 18.2 Å². The maximum absolute atomic E-state index is 13.0. The molecule has 1 fully saturated rings. The van der Waals surface area contributed by atoms with E-state index in [0.29, 0.717) is 12.4 Å². The molecule has 1 aliphatic rings. The molecular weight excluding hydrogens is 1530 g/mol. The van der Waals surface area contributed by atoms with Crippen molar-refractivity contribution >= 4 is 96.4 Å². The van der Waals surface area contributed by atoms with Crippen molar-refractivity contribution < 1.29 is 32.2 Å². The van der Waals surface area contributed by atoms with Gasteiger partial charge in [0.2, 0.25) is 0 Å². The molecule has 1 aliphatic heterocycles. The predicted octanol–water partition coefficient (Wildman–Crippen LogP) is 17.9. The zero-order valence-corrected chi connectivity index (χ0v) is 67.2. The summed E-state index contributed by atoms with van der Waals surface area (Å²) in [6.45, 7) is 1.46. The summed E-state index contributed by atoms with van der Waals surface area (Å²) in [5.41, 5.74) is -12.6. The zero-order valence-electron chi connectivity index (χ0n) is 61.6. The molecule has 2 aromatic heterocycles. The van der Waals surface area contributed by atoms with Gasteiger partial charge in [-0.05, 0) is 66.8 Å². The molecule has 0 spiro atoms. The van der Waals surface area contributed by atoms with Crippen LogP contribution < -0.4 is 74.0 Å². The van der Waals surface area contributed by atoms with E-state index < -0.39 is 35.4 Å². The molecule has 0 amide bonds. The summed E-state index contributed by atoms with van der Waals surface area (Å²) in [6, 6.07) is 163. The Morgan fingerprint density at radius 2 is 0.685 bits per heavy atom. The second-order valence-electron chi connectivity index (χ2n) is 27.6. The van der Waals surface area contributed by atoms with Gasteiger partial charge in [-0.3, -0.25) is 14.3 Å². The van der Waals surface area contributed by atoms with Crippen LogP contribution in [-0.4, -0.2) is 22.4 Å². The van der Waals surface area contributed by atoms with E-state index in [0.717, 1.165) is 53.6 Å². The summed E-state index contributed by atoms with van der Waals surface area (Å²) in [4.78, 5) is 17.3. The van der Waals surface area contributed by atoms with Crippen LogP contribution in [0.5, 0.6) is 5.75 Å². The Bertz CT molecular complexity index is 4830. The molecule has 0 saturated carbocycles. The molecule has 111 heavy (non-hydrogen) atoms. The molecule has 3 heterocycles. The number of ether oxygens (including phenoxy) is 3. The number of halogens is 1. The first-order valence-corrected chi connectivity index (χ1v) is 54.5. The van der Waals surface area contributed by atoms with Crippen molar-refractivity contribution in [3.8, 4) is 11.4 Å². The van der Waals surface area contributed by atoms with Crippen LogP contribution in [0.25, 0.3) is 16.6 Å². The molecule has 17 rings (SSSR count). The van der Waals surface area contributed by atoms with Crippen molar-refractivity contribution in [2.24, 2.45) is 0 Å². The van der Waals surface area contributed by atoms with Gasteiger partial charge >= 0.3 is 463 Å². The van der Waals surface area contributed by atoms with Crippen molar-refractivity contribution in [3.63, 3.8) is 0 Å². The number of hydrogen-bond donors (Lipinski definition) is 0. The molecule has 16 aromatic rings. The number of hydrogen-bond acceptors (Lipinski definition) is 5. The number of rotatable bonds is 23. The van der Waals surface area contributed by atoms with Crippen LogP contribution in [0.15, 0.2) is 442 Å². The monoisotopic (exact) mass is 1620 g/mol. The van der Waals surface area contributed by atoms with Crippen molar-refractivity contribution in [2.45, 2.75) is 38.8 Å². The van der Waals surface area contributed by atoms with Crippen LogP contribution in [0.1, 0.15) is 30.4 Å². The molecule has 0 N–H and O–H groups in total. The molecule has 1 unspecified atom stereocenters. The Balaban J connectivity index is 0.000000228. The summed E-state index contributed by atoms with van der Waals surface area (Å²) < 4.78 is 31.7. The Labute approximate surface area is 654 Å². The predicted molar refractivity (Wildman–Crippen MR) is 473 cm³/mol. The van der Waals surface area contributed by atoms with Gasteiger partial charge in [-0.15, -0.1) is 0 Å². The van der Waals surface area contributed by atoms with E-state index in [1.54, 1.807) is 35.2 Å². The Morgan fingerprint density at radius 1 is 0.360 bits per heavy atom. The minimum absolute atomic E-state index is 0.138. The van der Waals surface area contributed by atoms with Crippen LogP contribution >= 0.6 is 21.8 Å². The SMILES string of the molecule is O=c1cc(OCc2ccc(F)cc2)ccn1-c1ccc2cc(COC3CCCCO3)cnc2c1.c1ccc([PH](c2ccccc2)(c2ccccc2)[Pd]([PH](c2ccccc2)(c2ccccc2)c2ccccc2)([PH](c2ccccc2)(c2ccccc2)c2ccccc2)[PH](c2ccccc2)(c2ccccc2)c2ccccc2)cc1. The van der Waals surface area contributed by atoms with E-state index >= 15 is 0 Å². The molecule has 6 nitrogen and oxygen atoms in total. The second-order valence-corrected chi connectivity index (χ2v) is 78.2. The zero-order chi connectivity index (χ0) is 75.2. The summed E-state index contributed by atoms with van der Waals surface area (Å²) in [5.74, 6) is 0.158. The number of nitrogens with zero attached hydrogens (tertiary/aromatic N) is 2. The van der Waals surface area contributed by atoms with Gasteiger partial charge in [-0.25, -0.2) is 4.39 Å². The van der Waals surface area contributed by atoms with Gasteiger partial charge in [0, 0.05) is 30.5 Å². The van der Waals surface area contributed by atoms with Crippen LogP contribution in [0.4, 0.5) is 4.39 Å². The Kier molecular flexibility index (Phi) is 23.1. The molecule has 14 aromatic carbocycles. The topological polar surface area (TPSA) is 62.6 Å². The summed E-state index contributed by atoms with van der Waals surface area (Å²) in [6.07, 6.45) is 6.48. The van der Waals surface area contributed by atoms with Gasteiger partial charge in [0.05, 0.1) is 17.8 Å². The second kappa shape index (κ2) is 34.4. The first kappa shape index (κ1) is 74.6. The fraction of sp³-hybridized carbons (Fsp3) is 0.0707. The quantitative estimate of drug-likeness (QED) is 0.0472. The van der Waals surface area contributed by atoms with Crippen LogP contribution in [-0.2, 0) is 36.2 Å². The van der Waals surface area contributed by atoms with Gasteiger partial charge in [-0.2, -0.15) is 0 Å². The third-order valence-electron chi connectivity index (χ3n) is 21.1. The van der Waals surface area contributed by atoms with Gasteiger partial charge in [0.1, 0.15) is 18.2 Å². The summed E-state index contributed by atoms with van der Waals surface area (Å²) in [5, 5.41) is 18.4. The fourth-order valence-electron chi connectivity index (χ4n) is 16.5. The number of pyridine rings is 2. The third-order valence-corrected chi connectivity index (χ3v) is 125. The molecule has 556 valence electrons. The number of aromatic nitrogens is 2. The fourth-order valence-corrected chi connectivity index (χ4v) is 179. The van der Waals surface area contributed by atoms with Crippen LogP contribution in [0.2, 0.25) is 0 Å². The maximum atomic E-state index is 13.0. The summed E-state index contributed by atoms with van der Waals surface area (Å²) >= 11 is -4.52. The molecule has 1 atom stereocenters. The minimum atomic E-state index is -4.52. The van der Waals surface area contributed by atoms with Gasteiger partial charge in [0.25, 0.3) is 5.56 Å². The molecule has 0 bridgehead atoms. The Morgan fingerprint density at radius 3 is 0.982 bits per heavy atom. The molecular formula is C99H89FN2O4P4Pd. The molecule has 1 saturated heterocycles. The number of benzene rings is 14. The van der Waals surface area contributed by atoms with Crippen LogP contribution in [0, 0.1) is 5.82 Å². The van der Waals surface area contributed by atoms with Crippen molar-refractivity contribution in [2.75, 3.05) is 6.61 Å². The Hall–Kier alpha value is -10.5. The average Bonchev–Trinajstić information content (AvgIpc) is 0.619.